The van der Waals surface area contributed by atoms with Crippen LogP contribution in [0.1, 0.15) is 64.2 Å². The minimum atomic E-state index is 0.396. The van der Waals surface area contributed by atoms with Gasteiger partial charge in [-0.25, -0.2) is 0 Å². The lowest BCUT2D eigenvalue weighted by molar-refractivity contribution is -0.123. The van der Waals surface area contributed by atoms with E-state index in [1.54, 1.807) is 0 Å². The Balaban J connectivity index is 1.39. The lowest BCUT2D eigenvalue weighted by atomic mass is 9.82. The first-order valence-electron chi connectivity index (χ1n) is 10.4. The van der Waals surface area contributed by atoms with Crippen molar-refractivity contribution in [2.45, 2.75) is 88.4 Å². The van der Waals surface area contributed by atoms with Gasteiger partial charge in [-0.1, -0.05) is 0 Å². The maximum Gasteiger partial charge on any atom is 0.181 e. The van der Waals surface area contributed by atoms with E-state index in [9.17, 15) is 9.59 Å². The summed E-state index contributed by atoms with van der Waals surface area (Å²) in [5.41, 5.74) is 2.54. The van der Waals surface area contributed by atoms with Gasteiger partial charge in [-0.15, -0.1) is 4.90 Å². The highest BCUT2D eigenvalue weighted by atomic mass is 16.1. The normalized spacial score (nSPS) is 34.8. The third-order valence-electron chi connectivity index (χ3n) is 7.02. The minimum Gasteiger partial charge on any atom is -0.365 e. The van der Waals surface area contributed by atoms with Crippen LogP contribution in [0, 0.1) is 0 Å². The van der Waals surface area contributed by atoms with E-state index in [1.807, 2.05) is 0 Å². The van der Waals surface area contributed by atoms with Gasteiger partial charge in [0.2, 0.25) is 0 Å². The minimum absolute atomic E-state index is 0.396. The van der Waals surface area contributed by atoms with Crippen molar-refractivity contribution in [2.24, 2.45) is 0 Å². The van der Waals surface area contributed by atoms with Crippen LogP contribution >= 0.6 is 0 Å². The smallest absolute Gasteiger partial charge is 0.181 e. The van der Waals surface area contributed by atoms with Gasteiger partial charge in [-0.2, -0.15) is 0 Å². The number of carbonyl (C=O) groups excluding carboxylic acids is 2. The van der Waals surface area contributed by atoms with Gasteiger partial charge in [0.25, 0.3) is 0 Å². The predicted molar refractivity (Wildman–Crippen MR) is 102 cm³/mol. The Morgan fingerprint density at radius 1 is 0.731 bits per heavy atom. The van der Waals surface area contributed by atoms with Crippen molar-refractivity contribution in [3.05, 3.63) is 24.3 Å². The average molecular weight is 352 g/mol. The van der Waals surface area contributed by atoms with E-state index < -0.39 is 0 Å². The zero-order valence-corrected chi connectivity index (χ0v) is 15.4. The molecule has 1 aromatic rings. The monoisotopic (exact) mass is 352 g/mol. The summed E-state index contributed by atoms with van der Waals surface area (Å²) in [7, 11) is 0. The zero-order chi connectivity index (χ0) is 17.7. The summed E-state index contributed by atoms with van der Waals surface area (Å²) in [4.78, 5) is 29.0. The van der Waals surface area contributed by atoms with Crippen LogP contribution in [-0.4, -0.2) is 35.7 Å². The standard InChI is InChI=1S/C22H28N2O2/c25-21-11-17-3-1-4-18(12-21)23(17)15-7-9-16(10-8-15)24-19-5-2-6-20(24)14-22(26)13-19/h7-10,17-20H,1-6,11-14H2/q+1. The number of fused-ring (bicyclic) bond motifs is 4. The molecule has 4 fully saturated rings. The Morgan fingerprint density at radius 2 is 1.27 bits per heavy atom. The molecule has 137 valence electrons. The maximum absolute atomic E-state index is 12.0. The van der Waals surface area contributed by atoms with Crippen molar-refractivity contribution in [3.63, 3.8) is 0 Å². The zero-order valence-electron chi connectivity index (χ0n) is 15.4. The van der Waals surface area contributed by atoms with E-state index in [-0.39, 0.29) is 0 Å². The van der Waals surface area contributed by atoms with Crippen molar-refractivity contribution >= 4 is 22.9 Å². The van der Waals surface area contributed by atoms with E-state index in [2.05, 4.69) is 34.1 Å². The molecule has 0 N–H and O–H groups in total. The molecule has 0 saturated carbocycles. The molecular formula is C22H28N2O2+. The molecule has 4 aliphatic heterocycles. The molecule has 4 atom stereocenters. The Bertz CT molecular complexity index is 620. The molecule has 4 heterocycles. The second-order valence-electron chi connectivity index (χ2n) is 8.70. The Labute approximate surface area is 155 Å². The van der Waals surface area contributed by atoms with Crippen LogP contribution in [-0.2, 0) is 9.59 Å². The molecule has 4 bridgehead atoms. The Hall–Kier alpha value is -1.68. The molecular weight excluding hydrogens is 324 g/mol. The molecule has 4 heteroatoms. The van der Waals surface area contributed by atoms with Crippen LogP contribution in [0.25, 0.3) is 0 Å². The highest BCUT2D eigenvalue weighted by Crippen LogP contribution is 2.39. The molecule has 1 aromatic carbocycles. The number of hydrogen-bond acceptors (Lipinski definition) is 4. The number of ketones is 2. The fourth-order valence-electron chi connectivity index (χ4n) is 5.99. The van der Waals surface area contributed by atoms with Gasteiger partial charge in [0.1, 0.15) is 23.7 Å². The summed E-state index contributed by atoms with van der Waals surface area (Å²) in [6, 6.07) is 10.6. The van der Waals surface area contributed by atoms with Crippen LogP contribution in [0.3, 0.4) is 0 Å². The van der Waals surface area contributed by atoms with E-state index in [0.29, 0.717) is 35.7 Å². The summed E-state index contributed by atoms with van der Waals surface area (Å²) in [5.74, 6) is 0.886. The number of anilines is 2. The van der Waals surface area contributed by atoms with Crippen molar-refractivity contribution in [1.29, 1.82) is 0 Å². The number of rotatable bonds is 2. The van der Waals surface area contributed by atoms with Gasteiger partial charge in [0.05, 0.1) is 12.8 Å². The molecule has 0 amide bonds. The number of piperidine rings is 4. The quantitative estimate of drug-likeness (QED) is 0.760. The third kappa shape index (κ3) is 2.79. The van der Waals surface area contributed by atoms with E-state index in [4.69, 9.17) is 0 Å². The average Bonchev–Trinajstić information content (AvgIpc) is 2.60. The Morgan fingerprint density at radius 3 is 1.88 bits per heavy atom. The molecule has 0 aromatic heterocycles. The molecule has 0 aliphatic carbocycles. The van der Waals surface area contributed by atoms with Gasteiger partial charge in [0.15, 0.2) is 5.69 Å². The summed E-state index contributed by atoms with van der Waals surface area (Å²) in [6.07, 6.45) is 9.95. The summed E-state index contributed by atoms with van der Waals surface area (Å²) < 4.78 is 0. The van der Waals surface area contributed by atoms with Gasteiger partial charge in [0, 0.05) is 55.6 Å². The first-order valence-corrected chi connectivity index (χ1v) is 10.4. The van der Waals surface area contributed by atoms with Crippen molar-refractivity contribution in [1.82, 2.24) is 4.90 Å². The SMILES string of the molecule is O=C1CC2CCCC(C1)N2c1ccc([N+]2C3CCCC2CC(=O)C3)cc1. The highest BCUT2D eigenvalue weighted by molar-refractivity contribution is 5.83. The predicted octanol–water partition coefficient (Wildman–Crippen LogP) is 3.83. The van der Waals surface area contributed by atoms with Gasteiger partial charge >= 0.3 is 0 Å². The molecule has 4 saturated heterocycles. The Kier molecular flexibility index (Phi) is 4.11. The number of hydrogen-bond donors (Lipinski definition) is 0. The van der Waals surface area contributed by atoms with Gasteiger partial charge < -0.3 is 4.90 Å². The van der Waals surface area contributed by atoms with Crippen LogP contribution in [0.4, 0.5) is 11.4 Å². The van der Waals surface area contributed by atoms with Crippen molar-refractivity contribution < 1.29 is 9.59 Å². The van der Waals surface area contributed by atoms with Crippen LogP contribution < -0.4 is 9.80 Å². The van der Waals surface area contributed by atoms with Gasteiger partial charge in [-0.05, 0) is 37.8 Å². The number of Topliss-reactive ketones (excluding diaryl/α,β-unsaturated/α-hetero) is 2. The van der Waals surface area contributed by atoms with Crippen molar-refractivity contribution in [3.8, 4) is 0 Å². The van der Waals surface area contributed by atoms with E-state index in [1.165, 1.54) is 24.2 Å². The second kappa shape index (κ2) is 6.49. The maximum atomic E-state index is 12.0. The molecule has 5 rings (SSSR count). The van der Waals surface area contributed by atoms with Crippen LogP contribution in [0.5, 0.6) is 0 Å². The van der Waals surface area contributed by atoms with Crippen LogP contribution in [0.15, 0.2) is 24.3 Å². The van der Waals surface area contributed by atoms with Crippen molar-refractivity contribution in [2.75, 3.05) is 4.90 Å². The van der Waals surface area contributed by atoms with E-state index >= 15 is 0 Å². The highest BCUT2D eigenvalue weighted by Gasteiger charge is 2.47. The third-order valence-corrected chi connectivity index (χ3v) is 7.02. The largest absolute Gasteiger partial charge is 0.365 e. The number of benzene rings is 1. The number of nitrogens with zero attached hydrogens (tertiary/aromatic N) is 2. The summed E-state index contributed by atoms with van der Waals surface area (Å²) in [5, 5.41) is 0. The second-order valence-corrected chi connectivity index (χ2v) is 8.70. The van der Waals surface area contributed by atoms with E-state index in [0.717, 1.165) is 51.4 Å². The molecule has 4 unspecified atom stereocenters. The first-order chi connectivity index (χ1) is 12.7. The van der Waals surface area contributed by atoms with Crippen LogP contribution in [0.2, 0.25) is 0 Å². The molecule has 0 spiro atoms. The molecule has 1 radical (unpaired) electrons. The fourth-order valence-corrected chi connectivity index (χ4v) is 5.99. The van der Waals surface area contributed by atoms with Gasteiger partial charge in [-0.3, -0.25) is 9.59 Å². The lowest BCUT2D eigenvalue weighted by Crippen LogP contribution is -2.53. The lowest BCUT2D eigenvalue weighted by Gasteiger charge is -2.47. The molecule has 4 aliphatic rings. The topological polar surface area (TPSA) is 43.3 Å². The summed E-state index contributed by atoms with van der Waals surface area (Å²) >= 11 is 0. The number of carbonyl (C=O) groups is 2. The first kappa shape index (κ1) is 16.5. The molecule has 26 heavy (non-hydrogen) atoms. The fraction of sp³-hybridized carbons (Fsp3) is 0.636. The molecule has 4 nitrogen and oxygen atoms in total. The summed E-state index contributed by atoms with van der Waals surface area (Å²) in [6.45, 7) is 0.